The standard InChI is InChI=1S/C37H43F3N8O4/c38-37(39,40)31-28(32(49)44-27-17-24-14-25(18-27)16-26(15-24)33(50)51)20-43-35(45-31)48-22-36(4-12-52-13-5-36)29-19-23(2-3-30(29)48)21-46-8-10-47(11-9-46)34-41-6-1-7-42-34/h1-3,6-7,19-20,24-27H,4-5,8-18,21-22H2,(H,44,49)(H,50,51). The van der Waals surface area contributed by atoms with Crippen molar-refractivity contribution in [3.63, 3.8) is 0 Å². The molecule has 12 nitrogen and oxygen atoms in total. The van der Waals surface area contributed by atoms with Crippen LogP contribution in [0.3, 0.4) is 0 Å². The molecule has 3 aromatic rings. The molecular weight excluding hydrogens is 677 g/mol. The van der Waals surface area contributed by atoms with E-state index in [-0.39, 0.29) is 29.2 Å². The zero-order valence-corrected chi connectivity index (χ0v) is 28.9. The Morgan fingerprint density at radius 1 is 0.942 bits per heavy atom. The molecule has 1 spiro atoms. The van der Waals surface area contributed by atoms with Crippen molar-refractivity contribution in [2.45, 2.75) is 69.1 Å². The lowest BCUT2D eigenvalue weighted by atomic mass is 9.66. The first-order valence-electron chi connectivity index (χ1n) is 18.3. The summed E-state index contributed by atoms with van der Waals surface area (Å²) in [6, 6.07) is 7.66. The zero-order valence-electron chi connectivity index (χ0n) is 28.9. The first kappa shape index (κ1) is 34.7. The number of hydrogen-bond donors (Lipinski definition) is 2. The number of carboxylic acids is 1. The van der Waals surface area contributed by atoms with Crippen LogP contribution in [0, 0.1) is 17.8 Å². The second-order valence-corrected chi connectivity index (χ2v) is 15.2. The molecule has 2 atom stereocenters. The van der Waals surface area contributed by atoms with Crippen molar-refractivity contribution < 1.29 is 32.6 Å². The van der Waals surface area contributed by atoms with E-state index in [4.69, 9.17) is 4.74 Å². The third-order valence-electron chi connectivity index (χ3n) is 11.8. The number of amides is 1. The number of aromatic nitrogens is 4. The first-order valence-corrected chi connectivity index (χ1v) is 18.3. The van der Waals surface area contributed by atoms with E-state index in [0.29, 0.717) is 45.4 Å². The number of hydrogen-bond acceptors (Lipinski definition) is 10. The molecule has 2 unspecified atom stereocenters. The minimum absolute atomic E-state index is 0.0904. The van der Waals surface area contributed by atoms with Crippen molar-refractivity contribution in [1.29, 1.82) is 0 Å². The number of fused-ring (bicyclic) bond motifs is 4. The number of nitrogens with zero attached hydrogens (tertiary/aromatic N) is 7. The SMILES string of the molecule is O=C(NC1CC2CC(C1)CC(C(=O)O)C2)c1cnc(N2CC3(CCOCC3)c3cc(CN4CCN(c5ncccn5)CC4)ccc32)nc1C(F)(F)F. The molecule has 2 N–H and O–H groups in total. The summed E-state index contributed by atoms with van der Waals surface area (Å²) in [4.78, 5) is 48.5. The molecule has 2 bridgehead atoms. The number of carbonyl (C=O) groups excluding carboxylic acids is 1. The monoisotopic (exact) mass is 720 g/mol. The van der Waals surface area contributed by atoms with Gasteiger partial charge >= 0.3 is 12.1 Å². The van der Waals surface area contributed by atoms with Crippen LogP contribution in [0.15, 0.2) is 42.9 Å². The van der Waals surface area contributed by atoms with Crippen molar-refractivity contribution in [2.24, 2.45) is 17.8 Å². The Morgan fingerprint density at radius 2 is 1.65 bits per heavy atom. The molecular formula is C37H43F3N8O4. The van der Waals surface area contributed by atoms with Gasteiger partial charge in [0, 0.05) is 88.2 Å². The summed E-state index contributed by atoms with van der Waals surface area (Å²) in [5, 5.41) is 12.3. The lowest BCUT2D eigenvalue weighted by Crippen LogP contribution is -2.46. The maximum absolute atomic E-state index is 14.6. The highest BCUT2D eigenvalue weighted by Gasteiger charge is 2.47. The highest BCUT2D eigenvalue weighted by atomic mass is 19.4. The van der Waals surface area contributed by atoms with E-state index in [2.05, 4.69) is 41.1 Å². The van der Waals surface area contributed by atoms with Gasteiger partial charge in [-0.1, -0.05) is 12.1 Å². The van der Waals surface area contributed by atoms with Gasteiger partial charge in [-0.2, -0.15) is 13.2 Å². The Hall–Kier alpha value is -4.37. The van der Waals surface area contributed by atoms with Gasteiger partial charge in [0.15, 0.2) is 5.69 Å². The summed E-state index contributed by atoms with van der Waals surface area (Å²) in [6.07, 6.45) is 4.08. The predicted octanol–water partition coefficient (Wildman–Crippen LogP) is 4.82. The number of anilines is 3. The molecule has 2 saturated heterocycles. The molecule has 5 aliphatic rings. The molecule has 2 aliphatic carbocycles. The number of carbonyl (C=O) groups is 2. The molecule has 1 aromatic carbocycles. The van der Waals surface area contributed by atoms with Crippen molar-refractivity contribution in [2.75, 3.05) is 55.7 Å². The second kappa shape index (κ2) is 13.9. The molecule has 3 aliphatic heterocycles. The van der Waals surface area contributed by atoms with E-state index in [9.17, 15) is 27.9 Å². The average Bonchev–Trinajstić information content (AvgIpc) is 3.43. The largest absolute Gasteiger partial charge is 0.481 e. The van der Waals surface area contributed by atoms with Gasteiger partial charge in [0.25, 0.3) is 5.91 Å². The molecule has 15 heteroatoms. The molecule has 2 saturated carbocycles. The van der Waals surface area contributed by atoms with E-state index < -0.39 is 35.2 Å². The van der Waals surface area contributed by atoms with Crippen LogP contribution in [0.2, 0.25) is 0 Å². The van der Waals surface area contributed by atoms with Crippen LogP contribution in [-0.2, 0) is 27.7 Å². The number of rotatable bonds is 7. The summed E-state index contributed by atoms with van der Waals surface area (Å²) in [5.74, 6) is -1.19. The molecule has 5 heterocycles. The first-order chi connectivity index (χ1) is 25.0. The Kier molecular flexibility index (Phi) is 9.26. The lowest BCUT2D eigenvalue weighted by Gasteiger charge is -2.41. The molecule has 4 fully saturated rings. The van der Waals surface area contributed by atoms with E-state index in [1.165, 1.54) is 0 Å². The number of halogens is 3. The number of nitrogens with one attached hydrogen (secondary N) is 1. The maximum Gasteiger partial charge on any atom is 0.434 e. The molecule has 2 aromatic heterocycles. The average molecular weight is 721 g/mol. The van der Waals surface area contributed by atoms with Crippen LogP contribution in [0.25, 0.3) is 0 Å². The fourth-order valence-electron chi connectivity index (χ4n) is 9.32. The van der Waals surface area contributed by atoms with Gasteiger partial charge in [0.05, 0.1) is 11.5 Å². The van der Waals surface area contributed by atoms with Crippen LogP contribution in [0.4, 0.5) is 30.8 Å². The van der Waals surface area contributed by atoms with Crippen LogP contribution in [-0.4, -0.2) is 93.8 Å². The minimum Gasteiger partial charge on any atom is -0.481 e. The number of alkyl halides is 3. The second-order valence-electron chi connectivity index (χ2n) is 15.2. The van der Waals surface area contributed by atoms with Crippen LogP contribution >= 0.6 is 0 Å². The number of piperazine rings is 1. The number of ether oxygens (including phenoxy) is 1. The van der Waals surface area contributed by atoms with Crippen molar-refractivity contribution in [3.05, 3.63) is 65.2 Å². The van der Waals surface area contributed by atoms with E-state index in [1.807, 2.05) is 12.1 Å². The van der Waals surface area contributed by atoms with Gasteiger partial charge in [-0.15, -0.1) is 0 Å². The summed E-state index contributed by atoms with van der Waals surface area (Å²) in [5.41, 5.74) is 0.772. The summed E-state index contributed by atoms with van der Waals surface area (Å²) < 4.78 is 49.6. The van der Waals surface area contributed by atoms with Gasteiger partial charge in [0.2, 0.25) is 11.9 Å². The van der Waals surface area contributed by atoms with Crippen LogP contribution < -0.4 is 15.1 Å². The molecule has 1 amide bonds. The fraction of sp³-hybridized carbons (Fsp3) is 0.568. The number of carboxylic acid groups (broad SMARTS) is 1. The van der Waals surface area contributed by atoms with Crippen molar-refractivity contribution in [1.82, 2.24) is 30.2 Å². The quantitative estimate of drug-likeness (QED) is 0.348. The summed E-state index contributed by atoms with van der Waals surface area (Å²) in [7, 11) is 0. The van der Waals surface area contributed by atoms with Gasteiger partial charge < -0.3 is 25.0 Å². The highest BCUT2D eigenvalue weighted by molar-refractivity contribution is 5.95. The highest BCUT2D eigenvalue weighted by Crippen LogP contribution is 2.50. The van der Waals surface area contributed by atoms with E-state index >= 15 is 0 Å². The number of benzene rings is 1. The van der Waals surface area contributed by atoms with Gasteiger partial charge in [0.1, 0.15) is 0 Å². The smallest absolute Gasteiger partial charge is 0.434 e. The fourth-order valence-corrected chi connectivity index (χ4v) is 9.32. The zero-order chi connectivity index (χ0) is 36.0. The van der Waals surface area contributed by atoms with Gasteiger partial charge in [-0.05, 0) is 80.0 Å². The molecule has 0 radical (unpaired) electrons. The van der Waals surface area contributed by atoms with Gasteiger partial charge in [-0.3, -0.25) is 14.5 Å². The summed E-state index contributed by atoms with van der Waals surface area (Å²) in [6.45, 7) is 5.57. The Balaban J connectivity index is 1.01. The van der Waals surface area contributed by atoms with Crippen LogP contribution in [0.1, 0.15) is 72.1 Å². The van der Waals surface area contributed by atoms with Crippen LogP contribution in [0.5, 0.6) is 0 Å². The maximum atomic E-state index is 14.6. The van der Waals surface area contributed by atoms with E-state index in [0.717, 1.165) is 80.9 Å². The third-order valence-corrected chi connectivity index (χ3v) is 11.8. The summed E-state index contributed by atoms with van der Waals surface area (Å²) >= 11 is 0. The molecule has 8 rings (SSSR count). The Labute approximate surface area is 299 Å². The Bertz CT molecular complexity index is 1790. The predicted molar refractivity (Wildman–Crippen MR) is 184 cm³/mol. The topological polar surface area (TPSA) is 137 Å². The molecule has 276 valence electrons. The lowest BCUT2D eigenvalue weighted by molar-refractivity contribution is -0.144. The van der Waals surface area contributed by atoms with Crippen molar-refractivity contribution in [3.8, 4) is 0 Å². The van der Waals surface area contributed by atoms with E-state index in [1.54, 1.807) is 23.4 Å². The molecule has 52 heavy (non-hydrogen) atoms. The number of aliphatic carboxylic acids is 1. The normalized spacial score (nSPS) is 25.9. The van der Waals surface area contributed by atoms with Gasteiger partial charge in [-0.25, -0.2) is 19.9 Å². The Morgan fingerprint density at radius 3 is 2.33 bits per heavy atom. The van der Waals surface area contributed by atoms with Crippen molar-refractivity contribution >= 4 is 29.5 Å². The minimum atomic E-state index is -4.89. The third kappa shape index (κ3) is 6.92.